The monoisotopic (exact) mass is 585 g/mol. The molecule has 9 heteroatoms. The molecule has 0 aromatic heterocycles. The maximum Gasteiger partial charge on any atom is 0.457 e. The Kier molecular flexibility index (Phi) is 7.66. The molecular formula is C33H35F4NO4. The van der Waals surface area contributed by atoms with E-state index in [4.69, 9.17) is 4.74 Å². The maximum atomic E-state index is 15.8. The predicted molar refractivity (Wildman–Crippen MR) is 149 cm³/mol. The predicted octanol–water partition coefficient (Wildman–Crippen LogP) is 6.28. The van der Waals surface area contributed by atoms with E-state index in [0.29, 0.717) is 24.8 Å². The third-order valence-electron chi connectivity index (χ3n) is 10.1. The van der Waals surface area contributed by atoms with Crippen molar-refractivity contribution in [2.24, 2.45) is 22.7 Å². The van der Waals surface area contributed by atoms with Gasteiger partial charge in [-0.15, -0.1) is 0 Å². The van der Waals surface area contributed by atoms with Crippen molar-refractivity contribution in [2.45, 2.75) is 70.6 Å². The van der Waals surface area contributed by atoms with Crippen LogP contribution in [0.5, 0.6) is 0 Å². The molecular weight excluding hydrogens is 550 g/mol. The van der Waals surface area contributed by atoms with Gasteiger partial charge in [-0.1, -0.05) is 30.6 Å². The number of hydrogen-bond donors (Lipinski definition) is 0. The number of Topliss-reactive ketones (excluding diaryl/α,β-unsaturated/α-hetero) is 1. The molecule has 6 atom stereocenters. The first-order chi connectivity index (χ1) is 19.7. The first-order valence-electron chi connectivity index (χ1n) is 14.3. The highest BCUT2D eigenvalue weighted by Gasteiger charge is 2.66. The molecule has 0 amide bonds. The van der Waals surface area contributed by atoms with E-state index >= 15 is 4.39 Å². The zero-order valence-electron chi connectivity index (χ0n) is 24.2. The molecule has 42 heavy (non-hydrogen) atoms. The summed E-state index contributed by atoms with van der Waals surface area (Å²) in [5.41, 5.74) is 1.38. The number of carbonyl (C=O) groups excluding carboxylic acids is 3. The first-order valence-corrected chi connectivity index (χ1v) is 14.3. The van der Waals surface area contributed by atoms with Crippen LogP contribution in [0.3, 0.4) is 0 Å². The lowest BCUT2D eigenvalue weighted by Gasteiger charge is -2.55. The van der Waals surface area contributed by atoms with E-state index in [1.165, 1.54) is 12.0 Å². The second kappa shape index (κ2) is 10.7. The molecule has 5 rings (SSSR count). The number of carbonyl (C=O) groups is 3. The average molecular weight is 586 g/mol. The Morgan fingerprint density at radius 2 is 1.83 bits per heavy atom. The fourth-order valence-electron chi connectivity index (χ4n) is 8.17. The molecule has 0 N–H and O–H groups in total. The lowest BCUT2D eigenvalue weighted by molar-refractivity contribution is -0.150. The summed E-state index contributed by atoms with van der Waals surface area (Å²) in [6.07, 6.45) is -3.26. The lowest BCUT2D eigenvalue weighted by atomic mass is 9.48. The topological polar surface area (TPSA) is 63.7 Å². The normalized spacial score (nSPS) is 32.1. The van der Waals surface area contributed by atoms with Crippen molar-refractivity contribution in [1.82, 2.24) is 0 Å². The van der Waals surface area contributed by atoms with Gasteiger partial charge in [0.15, 0.2) is 18.2 Å². The number of anilines is 1. The Morgan fingerprint density at radius 1 is 1.14 bits per heavy atom. The smallest absolute Gasteiger partial charge is 0.457 e. The summed E-state index contributed by atoms with van der Waals surface area (Å²) in [5.74, 6) is 1.30. The molecule has 0 spiro atoms. The number of nitrogens with zero attached hydrogens (tertiary/aromatic N) is 1. The van der Waals surface area contributed by atoms with Crippen LogP contribution < -0.4 is 4.90 Å². The standard InChI is InChI=1S/C33H35F4NO4/c1-19(39)42-18-29(41)32(13-14-33(35,36)37)12-11-27-25-16-28(34)24-15-22(40)9-10-23(24)30(25)26(17-31(27,32)2)20-5-7-21(8-6-20)38(3)4/h5-8,15,25-28H,9-12,16-18H2,1-4H3/t25-,26+,27-,28?,31-,32-/m0/s1. The van der Waals surface area contributed by atoms with Crippen molar-refractivity contribution in [3.8, 4) is 11.8 Å². The van der Waals surface area contributed by atoms with Gasteiger partial charge in [-0.25, -0.2) is 4.39 Å². The van der Waals surface area contributed by atoms with Crippen LogP contribution in [-0.2, 0) is 19.1 Å². The minimum atomic E-state index is -4.82. The van der Waals surface area contributed by atoms with Gasteiger partial charge in [-0.2, -0.15) is 13.2 Å². The average Bonchev–Trinajstić information content (AvgIpc) is 3.23. The van der Waals surface area contributed by atoms with Gasteiger partial charge < -0.3 is 9.64 Å². The molecule has 1 aromatic rings. The van der Waals surface area contributed by atoms with Crippen LogP contribution in [0.1, 0.15) is 63.9 Å². The Morgan fingerprint density at radius 3 is 2.45 bits per heavy atom. The minimum Gasteiger partial charge on any atom is -0.458 e. The van der Waals surface area contributed by atoms with E-state index < -0.39 is 41.5 Å². The number of alkyl halides is 4. The van der Waals surface area contributed by atoms with E-state index in [1.54, 1.807) is 0 Å². The van der Waals surface area contributed by atoms with Crippen LogP contribution in [0, 0.1) is 34.5 Å². The summed E-state index contributed by atoms with van der Waals surface area (Å²) in [5, 5.41) is 0. The number of benzene rings is 1. The Bertz CT molecular complexity index is 1430. The minimum absolute atomic E-state index is 0.0564. The fourth-order valence-corrected chi connectivity index (χ4v) is 8.17. The molecule has 0 saturated heterocycles. The van der Waals surface area contributed by atoms with Crippen LogP contribution in [0.4, 0.5) is 23.2 Å². The third kappa shape index (κ3) is 5.07. The molecule has 2 fully saturated rings. The van der Waals surface area contributed by atoms with Crippen LogP contribution in [0.15, 0.2) is 47.1 Å². The molecule has 1 unspecified atom stereocenters. The molecule has 0 radical (unpaired) electrons. The van der Waals surface area contributed by atoms with Crippen molar-refractivity contribution in [2.75, 3.05) is 25.6 Å². The van der Waals surface area contributed by atoms with Crippen molar-refractivity contribution < 1.29 is 36.7 Å². The molecule has 1 aromatic carbocycles. The highest BCUT2D eigenvalue weighted by atomic mass is 19.4. The molecule has 224 valence electrons. The number of allylic oxidation sites excluding steroid dienone is 4. The maximum absolute atomic E-state index is 15.8. The number of ether oxygens (including phenoxy) is 1. The Hall–Kier alpha value is -3.41. The second-order valence-corrected chi connectivity index (χ2v) is 12.5. The number of hydrogen-bond acceptors (Lipinski definition) is 5. The van der Waals surface area contributed by atoms with Crippen molar-refractivity contribution in [3.05, 3.63) is 52.6 Å². The van der Waals surface area contributed by atoms with Gasteiger partial charge in [0.25, 0.3) is 0 Å². The number of rotatable bonds is 5. The quantitative estimate of drug-likeness (QED) is 0.231. The van der Waals surface area contributed by atoms with Gasteiger partial charge in [0.2, 0.25) is 0 Å². The summed E-state index contributed by atoms with van der Waals surface area (Å²) < 4.78 is 61.4. The molecule has 0 heterocycles. The molecule has 0 bridgehead atoms. The Balaban J connectivity index is 1.71. The number of ketones is 2. The lowest BCUT2D eigenvalue weighted by Crippen LogP contribution is -2.52. The fraction of sp³-hybridized carbons (Fsp3) is 0.545. The van der Waals surface area contributed by atoms with Crippen LogP contribution in [0.25, 0.3) is 0 Å². The molecule has 4 aliphatic carbocycles. The molecule has 5 nitrogen and oxygen atoms in total. The van der Waals surface area contributed by atoms with Gasteiger partial charge in [0.1, 0.15) is 6.17 Å². The van der Waals surface area contributed by atoms with Crippen molar-refractivity contribution >= 4 is 23.2 Å². The number of esters is 1. The van der Waals surface area contributed by atoms with Crippen LogP contribution in [0.2, 0.25) is 0 Å². The van der Waals surface area contributed by atoms with Gasteiger partial charge in [0.05, 0.1) is 5.41 Å². The van der Waals surface area contributed by atoms with E-state index in [-0.39, 0.29) is 42.8 Å². The zero-order valence-corrected chi connectivity index (χ0v) is 24.2. The Labute approximate surface area is 243 Å². The van der Waals surface area contributed by atoms with Gasteiger partial charge in [-0.05, 0) is 84.3 Å². The van der Waals surface area contributed by atoms with E-state index in [9.17, 15) is 27.6 Å². The second-order valence-electron chi connectivity index (χ2n) is 12.5. The molecule has 4 aliphatic rings. The van der Waals surface area contributed by atoms with Gasteiger partial charge >= 0.3 is 12.1 Å². The van der Waals surface area contributed by atoms with Crippen LogP contribution in [-0.4, -0.2) is 50.6 Å². The largest absolute Gasteiger partial charge is 0.458 e. The highest BCUT2D eigenvalue weighted by molar-refractivity contribution is 5.94. The SMILES string of the molecule is CC(=O)OCC(=O)[C@@]1(C#CC(F)(F)F)CC[C@H]2[C@@H]3CC(F)C4=CC(=O)CCC4=C3[C@@H](c3ccc(N(C)C)cc3)C[C@@]21C. The first kappa shape index (κ1) is 30.1. The van der Waals surface area contributed by atoms with Gasteiger partial charge in [0, 0.05) is 45.0 Å². The summed E-state index contributed by atoms with van der Waals surface area (Å²) in [4.78, 5) is 39.6. The molecule has 0 aliphatic heterocycles. The third-order valence-corrected chi connectivity index (χ3v) is 10.1. The number of halogens is 4. The van der Waals surface area contributed by atoms with Gasteiger partial charge in [-0.3, -0.25) is 14.4 Å². The molecule has 2 saturated carbocycles. The van der Waals surface area contributed by atoms with E-state index in [2.05, 4.69) is 5.92 Å². The zero-order chi connectivity index (χ0) is 30.6. The summed E-state index contributed by atoms with van der Waals surface area (Å²) in [6.45, 7) is 2.27. The van der Waals surface area contributed by atoms with Crippen LogP contribution >= 0.6 is 0 Å². The summed E-state index contributed by atoms with van der Waals surface area (Å²) in [7, 11) is 3.84. The van der Waals surface area contributed by atoms with Crippen molar-refractivity contribution in [3.63, 3.8) is 0 Å². The number of fused-ring (bicyclic) bond motifs is 4. The summed E-state index contributed by atoms with van der Waals surface area (Å²) >= 11 is 0. The summed E-state index contributed by atoms with van der Waals surface area (Å²) in [6, 6.07) is 7.88. The van der Waals surface area contributed by atoms with E-state index in [1.807, 2.05) is 50.2 Å². The highest BCUT2D eigenvalue weighted by Crippen LogP contribution is 2.70. The van der Waals surface area contributed by atoms with E-state index in [0.717, 1.165) is 29.3 Å². The van der Waals surface area contributed by atoms with Crippen molar-refractivity contribution in [1.29, 1.82) is 0 Å².